The molecule has 0 N–H and O–H groups in total. The summed E-state index contributed by atoms with van der Waals surface area (Å²) in [5, 5.41) is 4.41. The minimum Gasteiger partial charge on any atom is -0.466 e. The van der Waals surface area contributed by atoms with Gasteiger partial charge in [-0.2, -0.15) is 14.6 Å². The van der Waals surface area contributed by atoms with Crippen molar-refractivity contribution in [1.29, 1.82) is 0 Å². The first-order valence-corrected chi connectivity index (χ1v) is 10.9. The zero-order valence-electron chi connectivity index (χ0n) is 17.8. The van der Waals surface area contributed by atoms with Crippen LogP contribution in [0.3, 0.4) is 0 Å². The van der Waals surface area contributed by atoms with E-state index in [1.165, 1.54) is 32.3 Å². The summed E-state index contributed by atoms with van der Waals surface area (Å²) in [6.45, 7) is 10.9. The van der Waals surface area contributed by atoms with Crippen molar-refractivity contribution < 1.29 is 9.53 Å². The first-order valence-electron chi connectivity index (χ1n) is 10.9. The molecule has 2 aliphatic rings. The lowest BCUT2D eigenvalue weighted by Crippen LogP contribution is -2.48. The number of rotatable bonds is 5. The number of hydrogen-bond donors (Lipinski definition) is 0. The van der Waals surface area contributed by atoms with Gasteiger partial charge in [0.1, 0.15) is 12.1 Å². The molecule has 0 saturated carbocycles. The van der Waals surface area contributed by atoms with Crippen molar-refractivity contribution in [2.45, 2.75) is 58.9 Å². The van der Waals surface area contributed by atoms with E-state index in [1.54, 1.807) is 4.52 Å². The van der Waals surface area contributed by atoms with Gasteiger partial charge in [0.25, 0.3) is 5.78 Å². The largest absolute Gasteiger partial charge is 0.466 e. The molecule has 158 valence electrons. The van der Waals surface area contributed by atoms with Crippen LogP contribution in [0.15, 0.2) is 6.33 Å². The Morgan fingerprint density at radius 2 is 2.03 bits per heavy atom. The van der Waals surface area contributed by atoms with Crippen molar-refractivity contribution in [2.24, 2.45) is 5.92 Å². The maximum Gasteiger partial charge on any atom is 0.310 e. The molecule has 8 nitrogen and oxygen atoms in total. The summed E-state index contributed by atoms with van der Waals surface area (Å²) >= 11 is 0. The van der Waals surface area contributed by atoms with Crippen LogP contribution in [-0.4, -0.2) is 69.3 Å². The van der Waals surface area contributed by atoms with Crippen LogP contribution in [0, 0.1) is 12.8 Å². The Balaban J connectivity index is 1.57. The quantitative estimate of drug-likeness (QED) is 0.713. The SMILES string of the molecule is CCOC(=O)Cc1c(C)nc2ncnn2c1N1CCC(N2CCCC(C)C2)CC1. The van der Waals surface area contributed by atoms with Crippen molar-refractivity contribution in [3.8, 4) is 0 Å². The fourth-order valence-corrected chi connectivity index (χ4v) is 4.86. The Morgan fingerprint density at radius 1 is 1.24 bits per heavy atom. The number of carbonyl (C=O) groups excluding carboxylic acids is 1. The average Bonchev–Trinajstić information content (AvgIpc) is 3.17. The summed E-state index contributed by atoms with van der Waals surface area (Å²) in [5.41, 5.74) is 1.71. The number of aromatic nitrogens is 4. The fourth-order valence-electron chi connectivity index (χ4n) is 4.86. The number of likely N-dealkylation sites (tertiary alicyclic amines) is 1. The minimum atomic E-state index is -0.227. The van der Waals surface area contributed by atoms with E-state index in [2.05, 4.69) is 31.8 Å². The minimum absolute atomic E-state index is 0.210. The molecule has 29 heavy (non-hydrogen) atoms. The molecule has 0 amide bonds. The van der Waals surface area contributed by atoms with Crippen LogP contribution in [0.4, 0.5) is 5.82 Å². The second kappa shape index (κ2) is 8.65. The highest BCUT2D eigenvalue weighted by molar-refractivity contribution is 5.75. The summed E-state index contributed by atoms with van der Waals surface area (Å²) in [6.07, 6.45) is 6.66. The van der Waals surface area contributed by atoms with Crippen LogP contribution in [0.5, 0.6) is 0 Å². The van der Waals surface area contributed by atoms with Gasteiger partial charge in [0, 0.05) is 36.9 Å². The Kier molecular flexibility index (Phi) is 5.99. The lowest BCUT2D eigenvalue weighted by Gasteiger charge is -2.42. The molecule has 1 atom stereocenters. The fraction of sp³-hybridized carbons (Fsp3) is 0.714. The molecule has 0 radical (unpaired) electrons. The van der Waals surface area contributed by atoms with Gasteiger partial charge in [-0.3, -0.25) is 9.69 Å². The van der Waals surface area contributed by atoms with E-state index in [0.29, 0.717) is 18.4 Å². The molecule has 2 aliphatic heterocycles. The van der Waals surface area contributed by atoms with Crippen LogP contribution in [0.2, 0.25) is 0 Å². The van der Waals surface area contributed by atoms with Gasteiger partial charge < -0.3 is 9.64 Å². The molecule has 0 aliphatic carbocycles. The molecule has 2 aromatic rings. The second-order valence-electron chi connectivity index (χ2n) is 8.41. The predicted molar refractivity (Wildman–Crippen MR) is 111 cm³/mol. The summed E-state index contributed by atoms with van der Waals surface area (Å²) < 4.78 is 6.99. The number of nitrogens with zero attached hydrogens (tertiary/aromatic N) is 6. The van der Waals surface area contributed by atoms with E-state index < -0.39 is 0 Å². The first kappa shape index (κ1) is 20.1. The van der Waals surface area contributed by atoms with E-state index in [9.17, 15) is 4.79 Å². The monoisotopic (exact) mass is 400 g/mol. The highest BCUT2D eigenvalue weighted by atomic mass is 16.5. The van der Waals surface area contributed by atoms with E-state index in [1.807, 2.05) is 13.8 Å². The summed E-state index contributed by atoms with van der Waals surface area (Å²) in [6, 6.07) is 0.650. The highest BCUT2D eigenvalue weighted by Gasteiger charge is 2.30. The number of esters is 1. The average molecular weight is 401 g/mol. The number of fused-ring (bicyclic) bond motifs is 1. The van der Waals surface area contributed by atoms with Gasteiger partial charge in [0.2, 0.25) is 0 Å². The van der Waals surface area contributed by atoms with Crippen LogP contribution in [-0.2, 0) is 16.0 Å². The smallest absolute Gasteiger partial charge is 0.310 e. The Morgan fingerprint density at radius 3 is 2.76 bits per heavy atom. The number of piperidine rings is 2. The van der Waals surface area contributed by atoms with Gasteiger partial charge in [-0.1, -0.05) is 6.92 Å². The van der Waals surface area contributed by atoms with Crippen molar-refractivity contribution in [3.05, 3.63) is 17.6 Å². The van der Waals surface area contributed by atoms with Crippen molar-refractivity contribution in [2.75, 3.05) is 37.7 Å². The third-order valence-electron chi connectivity index (χ3n) is 6.30. The van der Waals surface area contributed by atoms with Crippen LogP contribution in [0.1, 0.15) is 50.8 Å². The lowest BCUT2D eigenvalue weighted by atomic mass is 9.95. The maximum absolute atomic E-state index is 12.2. The normalized spacial score (nSPS) is 21.6. The molecule has 8 heteroatoms. The predicted octanol–water partition coefficient (Wildman–Crippen LogP) is 2.24. The third kappa shape index (κ3) is 4.22. The molecular formula is C21H32N6O2. The number of carbonyl (C=O) groups is 1. The summed E-state index contributed by atoms with van der Waals surface area (Å²) in [5.74, 6) is 2.10. The van der Waals surface area contributed by atoms with Crippen molar-refractivity contribution in [3.63, 3.8) is 0 Å². The van der Waals surface area contributed by atoms with Gasteiger partial charge >= 0.3 is 5.97 Å². The van der Waals surface area contributed by atoms with Gasteiger partial charge in [-0.25, -0.2) is 4.98 Å². The van der Waals surface area contributed by atoms with E-state index in [0.717, 1.165) is 48.9 Å². The third-order valence-corrected chi connectivity index (χ3v) is 6.30. The molecule has 4 heterocycles. The Bertz CT molecular complexity index is 858. The van der Waals surface area contributed by atoms with Crippen molar-refractivity contribution in [1.82, 2.24) is 24.5 Å². The summed E-state index contributed by atoms with van der Waals surface area (Å²) in [7, 11) is 0. The molecule has 0 spiro atoms. The van der Waals surface area contributed by atoms with E-state index in [4.69, 9.17) is 4.74 Å². The van der Waals surface area contributed by atoms with E-state index >= 15 is 0 Å². The topological polar surface area (TPSA) is 75.9 Å². The van der Waals surface area contributed by atoms with Crippen LogP contribution >= 0.6 is 0 Å². The lowest BCUT2D eigenvalue weighted by molar-refractivity contribution is -0.142. The Hall–Kier alpha value is -2.22. The molecule has 0 aromatic carbocycles. The maximum atomic E-state index is 12.2. The zero-order chi connectivity index (χ0) is 20.4. The summed E-state index contributed by atoms with van der Waals surface area (Å²) in [4.78, 5) is 26.1. The van der Waals surface area contributed by atoms with Crippen molar-refractivity contribution >= 4 is 17.6 Å². The van der Waals surface area contributed by atoms with E-state index in [-0.39, 0.29) is 12.4 Å². The number of hydrogen-bond acceptors (Lipinski definition) is 7. The molecule has 2 aromatic heterocycles. The van der Waals surface area contributed by atoms with Crippen LogP contribution in [0.25, 0.3) is 5.78 Å². The molecule has 2 fully saturated rings. The van der Waals surface area contributed by atoms with Gasteiger partial charge in [-0.05, 0) is 52.0 Å². The van der Waals surface area contributed by atoms with Gasteiger partial charge in [0.15, 0.2) is 0 Å². The molecule has 0 bridgehead atoms. The molecule has 2 saturated heterocycles. The number of ether oxygens (including phenoxy) is 1. The molecule has 4 rings (SSSR count). The second-order valence-corrected chi connectivity index (χ2v) is 8.41. The first-order chi connectivity index (χ1) is 14.1. The standard InChI is InChI=1S/C21H32N6O2/c1-4-29-19(28)12-18-16(3)24-21-22-14-23-27(21)20(18)25-10-7-17(8-11-25)26-9-5-6-15(2)13-26/h14-15,17H,4-13H2,1-3H3. The number of anilines is 1. The zero-order valence-corrected chi connectivity index (χ0v) is 17.8. The highest BCUT2D eigenvalue weighted by Crippen LogP contribution is 2.29. The molecular weight excluding hydrogens is 368 g/mol. The molecule has 1 unspecified atom stereocenters. The number of aryl methyl sites for hydroxylation is 1. The van der Waals surface area contributed by atoms with Crippen LogP contribution < -0.4 is 4.90 Å². The van der Waals surface area contributed by atoms with Gasteiger partial charge in [0.05, 0.1) is 13.0 Å². The van der Waals surface area contributed by atoms with Gasteiger partial charge in [-0.15, -0.1) is 0 Å². The Labute approximate surface area is 172 Å².